The van der Waals surface area contributed by atoms with Gasteiger partial charge in [0.1, 0.15) is 5.65 Å². The molecule has 1 amide bonds. The number of nitrogens with one attached hydrogen (secondary N) is 2. The number of H-pyrrole nitrogens is 1. The molecule has 0 bridgehead atoms. The molecule has 1 aliphatic carbocycles. The van der Waals surface area contributed by atoms with Gasteiger partial charge in [0, 0.05) is 30.5 Å². The number of fused-ring (bicyclic) bond motifs is 1. The van der Waals surface area contributed by atoms with Gasteiger partial charge in [-0.15, -0.1) is 0 Å². The Kier molecular flexibility index (Phi) is 4.64. The molecule has 1 aliphatic rings. The monoisotopic (exact) mass is 381 g/mol. The molecular weight excluding hydrogens is 362 g/mol. The summed E-state index contributed by atoms with van der Waals surface area (Å²) >= 11 is 0. The zero-order chi connectivity index (χ0) is 19.7. The maximum Gasteiger partial charge on any atom is 0.330 e. The Bertz CT molecular complexity index is 1160. The molecular formula is C19H19N5O4. The zero-order valence-corrected chi connectivity index (χ0v) is 15.3. The van der Waals surface area contributed by atoms with Gasteiger partial charge in [0.15, 0.2) is 0 Å². The summed E-state index contributed by atoms with van der Waals surface area (Å²) in [7, 11) is 0. The van der Waals surface area contributed by atoms with Gasteiger partial charge in [-0.25, -0.2) is 14.8 Å². The summed E-state index contributed by atoms with van der Waals surface area (Å²) in [6.45, 7) is 2.55. The van der Waals surface area contributed by atoms with Gasteiger partial charge in [-0.1, -0.05) is 6.07 Å². The Labute approximate surface area is 159 Å². The number of amides is 1. The number of aromatic nitrogens is 4. The van der Waals surface area contributed by atoms with E-state index in [0.717, 1.165) is 18.4 Å². The molecule has 3 aromatic heterocycles. The van der Waals surface area contributed by atoms with Gasteiger partial charge < -0.3 is 10.1 Å². The van der Waals surface area contributed by atoms with E-state index in [1.807, 2.05) is 13.0 Å². The molecule has 1 saturated carbocycles. The first-order valence-corrected chi connectivity index (χ1v) is 9.08. The molecule has 0 unspecified atom stereocenters. The summed E-state index contributed by atoms with van der Waals surface area (Å²) in [5.41, 5.74) is 0.265. The third-order valence-corrected chi connectivity index (χ3v) is 4.52. The van der Waals surface area contributed by atoms with Gasteiger partial charge in [-0.05, 0) is 31.9 Å². The highest BCUT2D eigenvalue weighted by Crippen LogP contribution is 2.34. The number of pyridine rings is 2. The molecule has 3 heterocycles. The van der Waals surface area contributed by atoms with Crippen molar-refractivity contribution in [1.29, 1.82) is 0 Å². The second kappa shape index (κ2) is 7.26. The average molecular weight is 381 g/mol. The van der Waals surface area contributed by atoms with Crippen LogP contribution in [0.15, 0.2) is 40.2 Å². The molecule has 0 aromatic carbocycles. The van der Waals surface area contributed by atoms with Crippen LogP contribution >= 0.6 is 0 Å². The highest BCUT2D eigenvalue weighted by molar-refractivity contribution is 5.96. The lowest BCUT2D eigenvalue weighted by molar-refractivity contribution is 0.0950. The van der Waals surface area contributed by atoms with Crippen molar-refractivity contribution in [3.63, 3.8) is 0 Å². The van der Waals surface area contributed by atoms with Gasteiger partial charge in [-0.3, -0.25) is 19.1 Å². The molecule has 9 nitrogen and oxygen atoms in total. The van der Waals surface area contributed by atoms with Crippen LogP contribution in [-0.2, 0) is 6.54 Å². The third-order valence-electron chi connectivity index (χ3n) is 4.52. The number of carbonyl (C=O) groups excluding carboxylic acids is 1. The Hall–Kier alpha value is -3.49. The second-order valence-electron chi connectivity index (χ2n) is 6.54. The maximum atomic E-state index is 12.5. The van der Waals surface area contributed by atoms with Crippen molar-refractivity contribution in [3.05, 3.63) is 62.6 Å². The van der Waals surface area contributed by atoms with Gasteiger partial charge in [-0.2, -0.15) is 0 Å². The Balaban J connectivity index is 1.60. The summed E-state index contributed by atoms with van der Waals surface area (Å²) in [6.07, 6.45) is 4.74. The predicted octanol–water partition coefficient (Wildman–Crippen LogP) is 1.14. The van der Waals surface area contributed by atoms with Crippen LogP contribution in [0.5, 0.6) is 5.88 Å². The number of hydrogen-bond donors (Lipinski definition) is 2. The molecule has 1 fully saturated rings. The topological polar surface area (TPSA) is 119 Å². The van der Waals surface area contributed by atoms with Crippen LogP contribution in [0.2, 0.25) is 0 Å². The van der Waals surface area contributed by atoms with Crippen LogP contribution in [-0.4, -0.2) is 32.0 Å². The number of nitrogens with zero attached hydrogens (tertiary/aromatic N) is 3. The molecule has 0 aliphatic heterocycles. The molecule has 0 radical (unpaired) electrons. The number of carbonyl (C=O) groups is 1. The molecule has 0 saturated heterocycles. The summed E-state index contributed by atoms with van der Waals surface area (Å²) in [5, 5.41) is 3.00. The van der Waals surface area contributed by atoms with Crippen LogP contribution < -0.4 is 21.3 Å². The van der Waals surface area contributed by atoms with Crippen molar-refractivity contribution < 1.29 is 9.53 Å². The number of hydrogen-bond acceptors (Lipinski definition) is 6. The first-order valence-electron chi connectivity index (χ1n) is 9.08. The van der Waals surface area contributed by atoms with Crippen LogP contribution in [0, 0.1) is 0 Å². The van der Waals surface area contributed by atoms with Crippen molar-refractivity contribution in [1.82, 2.24) is 24.8 Å². The fourth-order valence-electron chi connectivity index (χ4n) is 3.04. The number of ether oxygens (including phenoxy) is 1. The minimum absolute atomic E-state index is 0.0570. The van der Waals surface area contributed by atoms with Crippen LogP contribution in [0.4, 0.5) is 0 Å². The number of rotatable bonds is 6. The minimum atomic E-state index is -0.551. The average Bonchev–Trinajstić information content (AvgIpc) is 3.52. The molecule has 2 N–H and O–H groups in total. The summed E-state index contributed by atoms with van der Waals surface area (Å²) in [4.78, 5) is 47.5. The van der Waals surface area contributed by atoms with E-state index in [0.29, 0.717) is 18.1 Å². The number of aromatic amines is 1. The van der Waals surface area contributed by atoms with E-state index in [1.165, 1.54) is 16.8 Å². The molecule has 3 aromatic rings. The molecule has 9 heteroatoms. The standard InChI is InChI=1S/C19H19N5O4/c1-2-28-18-11(4-3-7-20-18)9-22-16(25)12-8-14-15(21-10-12)24(13-5-6-13)19(27)23-17(14)26/h3-4,7-8,10,13H,2,5-6,9H2,1H3,(H,22,25)(H,23,26,27). The highest BCUT2D eigenvalue weighted by Gasteiger charge is 2.27. The Morgan fingerprint density at radius 2 is 2.18 bits per heavy atom. The summed E-state index contributed by atoms with van der Waals surface area (Å²) < 4.78 is 6.94. The SMILES string of the molecule is CCOc1ncccc1CNC(=O)c1cnc2c(c1)c(=O)[nH]c(=O)n2C1CC1. The highest BCUT2D eigenvalue weighted by atomic mass is 16.5. The zero-order valence-electron chi connectivity index (χ0n) is 15.3. The van der Waals surface area contributed by atoms with Crippen molar-refractivity contribution in [2.75, 3.05) is 6.61 Å². The van der Waals surface area contributed by atoms with Crippen molar-refractivity contribution in [2.45, 2.75) is 32.4 Å². The maximum absolute atomic E-state index is 12.5. The minimum Gasteiger partial charge on any atom is -0.478 e. The molecule has 28 heavy (non-hydrogen) atoms. The smallest absolute Gasteiger partial charge is 0.330 e. The first kappa shape index (κ1) is 17.9. The van der Waals surface area contributed by atoms with E-state index in [1.54, 1.807) is 12.3 Å². The van der Waals surface area contributed by atoms with E-state index in [4.69, 9.17) is 4.74 Å². The van der Waals surface area contributed by atoms with Gasteiger partial charge in [0.2, 0.25) is 5.88 Å². The lowest BCUT2D eigenvalue weighted by Gasteiger charge is -2.11. The van der Waals surface area contributed by atoms with E-state index in [-0.39, 0.29) is 29.4 Å². The fraction of sp³-hybridized carbons (Fsp3) is 0.316. The predicted molar refractivity (Wildman–Crippen MR) is 101 cm³/mol. The van der Waals surface area contributed by atoms with Crippen LogP contribution in [0.25, 0.3) is 11.0 Å². The summed E-state index contributed by atoms with van der Waals surface area (Å²) in [5.74, 6) is 0.0797. The lowest BCUT2D eigenvalue weighted by atomic mass is 10.2. The molecule has 144 valence electrons. The van der Waals surface area contributed by atoms with Gasteiger partial charge in [0.25, 0.3) is 11.5 Å². The normalized spacial score (nSPS) is 13.5. The molecule has 4 rings (SSSR count). The fourth-order valence-corrected chi connectivity index (χ4v) is 3.04. The lowest BCUT2D eigenvalue weighted by Crippen LogP contribution is -2.31. The summed E-state index contributed by atoms with van der Waals surface area (Å²) in [6, 6.07) is 5.09. The van der Waals surface area contributed by atoms with E-state index >= 15 is 0 Å². The van der Waals surface area contributed by atoms with E-state index < -0.39 is 11.2 Å². The Morgan fingerprint density at radius 3 is 2.93 bits per heavy atom. The van der Waals surface area contributed by atoms with Gasteiger partial charge in [0.05, 0.1) is 17.6 Å². The van der Waals surface area contributed by atoms with Crippen molar-refractivity contribution in [2.24, 2.45) is 0 Å². The van der Waals surface area contributed by atoms with E-state index in [2.05, 4.69) is 20.3 Å². The van der Waals surface area contributed by atoms with E-state index in [9.17, 15) is 14.4 Å². The van der Waals surface area contributed by atoms with Crippen molar-refractivity contribution in [3.8, 4) is 5.88 Å². The third kappa shape index (κ3) is 3.38. The van der Waals surface area contributed by atoms with Gasteiger partial charge >= 0.3 is 5.69 Å². The van der Waals surface area contributed by atoms with Crippen LogP contribution in [0.3, 0.4) is 0 Å². The second-order valence-corrected chi connectivity index (χ2v) is 6.54. The quantitative estimate of drug-likeness (QED) is 0.661. The first-order chi connectivity index (χ1) is 13.6. The largest absolute Gasteiger partial charge is 0.478 e. The molecule has 0 atom stereocenters. The van der Waals surface area contributed by atoms with Crippen LogP contribution in [0.1, 0.15) is 41.7 Å². The van der Waals surface area contributed by atoms with Crippen molar-refractivity contribution >= 4 is 16.9 Å². The molecule has 0 spiro atoms. The Morgan fingerprint density at radius 1 is 1.36 bits per heavy atom.